The Morgan fingerprint density at radius 3 is 2.79 bits per heavy atom. The van der Waals surface area contributed by atoms with E-state index >= 15 is 0 Å². The molecular formula is C11H14O3. The fourth-order valence-corrected chi connectivity index (χ4v) is 1.53. The molecule has 3 heteroatoms. The molecule has 0 atom stereocenters. The fourth-order valence-electron chi connectivity index (χ4n) is 1.53. The Bertz CT molecular complexity index is 316. The molecule has 2 rings (SSSR count). The Morgan fingerprint density at radius 1 is 1.29 bits per heavy atom. The molecule has 0 saturated carbocycles. The normalized spacial score (nSPS) is 13.9. The maximum Gasteiger partial charge on any atom is 0.203 e. The van der Waals surface area contributed by atoms with Crippen LogP contribution in [0.25, 0.3) is 0 Å². The average molecular weight is 194 g/mol. The second-order valence-electron chi connectivity index (χ2n) is 3.18. The van der Waals surface area contributed by atoms with Crippen LogP contribution in [0.5, 0.6) is 17.2 Å². The van der Waals surface area contributed by atoms with Crippen molar-refractivity contribution >= 4 is 0 Å². The highest BCUT2D eigenvalue weighted by Gasteiger charge is 2.17. The Hall–Kier alpha value is -1.38. The zero-order valence-electron chi connectivity index (χ0n) is 8.50. The van der Waals surface area contributed by atoms with Crippen molar-refractivity contribution in [3.8, 4) is 17.2 Å². The number of methoxy groups -OCH3 is 1. The number of ether oxygens (including phenoxy) is 3. The van der Waals surface area contributed by atoms with Gasteiger partial charge >= 0.3 is 0 Å². The summed E-state index contributed by atoms with van der Waals surface area (Å²) < 4.78 is 16.2. The molecule has 0 saturated heterocycles. The van der Waals surface area contributed by atoms with Gasteiger partial charge in [-0.05, 0) is 24.1 Å². The zero-order chi connectivity index (χ0) is 9.97. The van der Waals surface area contributed by atoms with Crippen molar-refractivity contribution in [3.63, 3.8) is 0 Å². The van der Waals surface area contributed by atoms with E-state index in [4.69, 9.17) is 14.2 Å². The summed E-state index contributed by atoms with van der Waals surface area (Å²) in [5.41, 5.74) is 1.20. The van der Waals surface area contributed by atoms with Crippen LogP contribution in [0.2, 0.25) is 0 Å². The number of benzene rings is 1. The van der Waals surface area contributed by atoms with Gasteiger partial charge in [0.1, 0.15) is 13.2 Å². The van der Waals surface area contributed by atoms with Gasteiger partial charge in [0.2, 0.25) is 5.75 Å². The smallest absolute Gasteiger partial charge is 0.203 e. The molecule has 0 amide bonds. The van der Waals surface area contributed by atoms with E-state index in [1.807, 2.05) is 12.1 Å². The minimum atomic E-state index is 0.592. The third-order valence-corrected chi connectivity index (χ3v) is 2.30. The van der Waals surface area contributed by atoms with Gasteiger partial charge in [0.25, 0.3) is 0 Å². The molecule has 1 aliphatic rings. The van der Waals surface area contributed by atoms with Crippen molar-refractivity contribution in [2.24, 2.45) is 0 Å². The lowest BCUT2D eigenvalue weighted by atomic mass is 10.1. The molecule has 0 aromatic heterocycles. The number of rotatable bonds is 2. The van der Waals surface area contributed by atoms with Crippen LogP contribution in [0.1, 0.15) is 12.5 Å². The molecule has 14 heavy (non-hydrogen) atoms. The lowest BCUT2D eigenvalue weighted by Gasteiger charge is -2.21. The van der Waals surface area contributed by atoms with Gasteiger partial charge in [0, 0.05) is 0 Å². The first-order valence-electron chi connectivity index (χ1n) is 4.81. The van der Waals surface area contributed by atoms with Crippen molar-refractivity contribution in [3.05, 3.63) is 17.7 Å². The van der Waals surface area contributed by atoms with Crippen molar-refractivity contribution in [1.82, 2.24) is 0 Å². The minimum Gasteiger partial charge on any atom is -0.493 e. The number of fused-ring (bicyclic) bond motifs is 1. The molecule has 1 aromatic rings. The van der Waals surface area contributed by atoms with E-state index in [0.29, 0.717) is 13.2 Å². The first kappa shape index (κ1) is 9.19. The summed E-state index contributed by atoms with van der Waals surface area (Å²) in [5.74, 6) is 2.29. The average Bonchev–Trinajstić information content (AvgIpc) is 2.27. The molecule has 1 heterocycles. The van der Waals surface area contributed by atoms with Gasteiger partial charge in [0.05, 0.1) is 7.11 Å². The van der Waals surface area contributed by atoms with Crippen LogP contribution in [0.3, 0.4) is 0 Å². The molecule has 1 aliphatic heterocycles. The fraction of sp³-hybridized carbons (Fsp3) is 0.455. The predicted octanol–water partition coefficient (Wildman–Crippen LogP) is 2.03. The standard InChI is InChI=1S/C11H14O3/c1-3-8-6-9(12-2)11-10(7-8)13-4-5-14-11/h6-7H,3-5H2,1-2H3. The third-order valence-electron chi connectivity index (χ3n) is 2.30. The van der Waals surface area contributed by atoms with Gasteiger partial charge < -0.3 is 14.2 Å². The van der Waals surface area contributed by atoms with Crippen molar-refractivity contribution in [1.29, 1.82) is 0 Å². The van der Waals surface area contributed by atoms with Crippen LogP contribution in [-0.2, 0) is 6.42 Å². The molecule has 0 radical (unpaired) electrons. The highest BCUT2D eigenvalue weighted by Crippen LogP contribution is 2.40. The maximum atomic E-state index is 5.50. The molecule has 76 valence electrons. The molecule has 0 aliphatic carbocycles. The van der Waals surface area contributed by atoms with Crippen molar-refractivity contribution in [2.45, 2.75) is 13.3 Å². The summed E-state index contributed by atoms with van der Waals surface area (Å²) in [4.78, 5) is 0. The second kappa shape index (κ2) is 3.78. The summed E-state index contributed by atoms with van der Waals surface area (Å²) in [6.07, 6.45) is 0.965. The summed E-state index contributed by atoms with van der Waals surface area (Å²) >= 11 is 0. The lowest BCUT2D eigenvalue weighted by Crippen LogP contribution is -2.16. The van der Waals surface area contributed by atoms with E-state index in [9.17, 15) is 0 Å². The number of aryl methyl sites for hydroxylation is 1. The zero-order valence-corrected chi connectivity index (χ0v) is 8.50. The number of hydrogen-bond acceptors (Lipinski definition) is 3. The molecule has 0 spiro atoms. The summed E-state index contributed by atoms with van der Waals surface area (Å²) in [7, 11) is 1.65. The van der Waals surface area contributed by atoms with E-state index < -0.39 is 0 Å². The highest BCUT2D eigenvalue weighted by atomic mass is 16.6. The van der Waals surface area contributed by atoms with Crippen molar-refractivity contribution < 1.29 is 14.2 Å². The Balaban J connectivity index is 2.47. The molecule has 3 nitrogen and oxygen atoms in total. The van der Waals surface area contributed by atoms with Crippen LogP contribution in [0.15, 0.2) is 12.1 Å². The van der Waals surface area contributed by atoms with Crippen LogP contribution in [0.4, 0.5) is 0 Å². The largest absolute Gasteiger partial charge is 0.493 e. The first-order chi connectivity index (χ1) is 6.85. The molecule has 1 aromatic carbocycles. The summed E-state index contributed by atoms with van der Waals surface area (Å²) in [5, 5.41) is 0. The predicted molar refractivity (Wildman–Crippen MR) is 53.4 cm³/mol. The van der Waals surface area contributed by atoms with E-state index in [1.165, 1.54) is 5.56 Å². The summed E-state index contributed by atoms with van der Waals surface area (Å²) in [6.45, 7) is 3.31. The van der Waals surface area contributed by atoms with Gasteiger partial charge in [-0.3, -0.25) is 0 Å². The lowest BCUT2D eigenvalue weighted by molar-refractivity contribution is 0.165. The second-order valence-corrected chi connectivity index (χ2v) is 3.18. The minimum absolute atomic E-state index is 0.592. The van der Waals surface area contributed by atoms with E-state index in [2.05, 4.69) is 6.92 Å². The molecule has 0 bridgehead atoms. The van der Waals surface area contributed by atoms with E-state index in [-0.39, 0.29) is 0 Å². The number of hydrogen-bond donors (Lipinski definition) is 0. The van der Waals surface area contributed by atoms with Crippen LogP contribution in [0, 0.1) is 0 Å². The highest BCUT2D eigenvalue weighted by molar-refractivity contribution is 5.54. The Morgan fingerprint density at radius 2 is 2.07 bits per heavy atom. The molecular weight excluding hydrogens is 180 g/mol. The van der Waals surface area contributed by atoms with Gasteiger partial charge in [-0.1, -0.05) is 6.92 Å². The summed E-state index contributed by atoms with van der Waals surface area (Å²) in [6, 6.07) is 4.00. The van der Waals surface area contributed by atoms with E-state index in [1.54, 1.807) is 7.11 Å². The van der Waals surface area contributed by atoms with Crippen LogP contribution in [-0.4, -0.2) is 20.3 Å². The monoisotopic (exact) mass is 194 g/mol. The first-order valence-corrected chi connectivity index (χ1v) is 4.81. The van der Waals surface area contributed by atoms with Gasteiger partial charge in [0.15, 0.2) is 11.5 Å². The Kier molecular flexibility index (Phi) is 2.48. The molecule has 0 N–H and O–H groups in total. The van der Waals surface area contributed by atoms with Gasteiger partial charge in [-0.15, -0.1) is 0 Å². The molecule has 0 fully saturated rings. The SMILES string of the molecule is CCc1cc(OC)c2c(c1)OCCO2. The quantitative estimate of drug-likeness (QED) is 0.721. The van der Waals surface area contributed by atoms with Gasteiger partial charge in [-0.25, -0.2) is 0 Å². The van der Waals surface area contributed by atoms with Crippen LogP contribution >= 0.6 is 0 Å². The topological polar surface area (TPSA) is 27.7 Å². The molecule has 0 unspecified atom stereocenters. The van der Waals surface area contributed by atoms with Gasteiger partial charge in [-0.2, -0.15) is 0 Å². The van der Waals surface area contributed by atoms with Crippen LogP contribution < -0.4 is 14.2 Å². The van der Waals surface area contributed by atoms with E-state index in [0.717, 1.165) is 23.7 Å². The third kappa shape index (κ3) is 1.50. The maximum absolute atomic E-state index is 5.50. The Labute approximate surface area is 83.6 Å². The van der Waals surface area contributed by atoms with Crippen molar-refractivity contribution in [2.75, 3.05) is 20.3 Å².